The third-order valence-corrected chi connectivity index (χ3v) is 2.47. The smallest absolute Gasteiger partial charge is 0.307 e. The van der Waals surface area contributed by atoms with Gasteiger partial charge in [-0.3, -0.25) is 4.63 Å². The van der Waals surface area contributed by atoms with E-state index in [-0.39, 0.29) is 17.3 Å². The van der Waals surface area contributed by atoms with E-state index in [4.69, 9.17) is 4.42 Å². The molecule has 0 bridgehead atoms. The van der Waals surface area contributed by atoms with Gasteiger partial charge in [-0.05, 0) is 17.0 Å². The lowest BCUT2D eigenvalue weighted by molar-refractivity contribution is -0.806. The standard InChI is InChI=1S/C11H8N4O3/c1-7-9(14-18-15(7)16)11-13-12-10(17-11)8-5-3-2-4-6-8/h2-6H,1H3. The lowest BCUT2D eigenvalue weighted by atomic mass is 10.2. The summed E-state index contributed by atoms with van der Waals surface area (Å²) in [6.45, 7) is 1.56. The highest BCUT2D eigenvalue weighted by Crippen LogP contribution is 2.23. The number of aromatic nitrogens is 4. The third kappa shape index (κ3) is 1.61. The normalized spacial score (nSPS) is 10.7. The quantitative estimate of drug-likeness (QED) is 0.631. The van der Waals surface area contributed by atoms with E-state index in [1.54, 1.807) is 6.92 Å². The van der Waals surface area contributed by atoms with Gasteiger partial charge >= 0.3 is 5.69 Å². The van der Waals surface area contributed by atoms with Crippen LogP contribution < -0.4 is 4.90 Å². The summed E-state index contributed by atoms with van der Waals surface area (Å²) >= 11 is 0. The molecule has 0 fully saturated rings. The highest BCUT2D eigenvalue weighted by Gasteiger charge is 2.23. The molecule has 0 aliphatic rings. The Morgan fingerprint density at radius 3 is 2.50 bits per heavy atom. The van der Waals surface area contributed by atoms with Crippen LogP contribution in [0.2, 0.25) is 0 Å². The molecule has 7 heteroatoms. The summed E-state index contributed by atoms with van der Waals surface area (Å²) in [5.41, 5.74) is 1.32. The van der Waals surface area contributed by atoms with E-state index in [9.17, 15) is 5.21 Å². The van der Waals surface area contributed by atoms with Crippen LogP contribution in [0.5, 0.6) is 0 Å². The van der Waals surface area contributed by atoms with Crippen molar-refractivity contribution in [3.63, 3.8) is 0 Å². The zero-order chi connectivity index (χ0) is 12.5. The van der Waals surface area contributed by atoms with Crippen LogP contribution in [0.4, 0.5) is 0 Å². The summed E-state index contributed by atoms with van der Waals surface area (Å²) in [4.78, 5) is 0.293. The topological polar surface area (TPSA) is 91.9 Å². The van der Waals surface area contributed by atoms with E-state index >= 15 is 0 Å². The molecule has 0 saturated carbocycles. The molecule has 0 N–H and O–H groups in total. The van der Waals surface area contributed by atoms with Gasteiger partial charge < -0.3 is 9.62 Å². The van der Waals surface area contributed by atoms with Crippen molar-refractivity contribution in [1.82, 2.24) is 15.4 Å². The largest absolute Gasteiger partial charge is 0.413 e. The Morgan fingerprint density at radius 1 is 1.11 bits per heavy atom. The first-order valence-electron chi connectivity index (χ1n) is 5.21. The average molecular weight is 244 g/mol. The van der Waals surface area contributed by atoms with Crippen LogP contribution >= 0.6 is 0 Å². The molecular weight excluding hydrogens is 236 g/mol. The summed E-state index contributed by atoms with van der Waals surface area (Å²) in [7, 11) is 0. The first-order chi connectivity index (χ1) is 8.75. The summed E-state index contributed by atoms with van der Waals surface area (Å²) in [6.07, 6.45) is 0. The Hall–Kier alpha value is -2.70. The van der Waals surface area contributed by atoms with E-state index < -0.39 is 0 Å². The van der Waals surface area contributed by atoms with Crippen LogP contribution in [0.25, 0.3) is 23.0 Å². The summed E-state index contributed by atoms with van der Waals surface area (Å²) < 4.78 is 9.90. The minimum Gasteiger partial charge on any atom is -0.413 e. The third-order valence-electron chi connectivity index (χ3n) is 2.47. The van der Waals surface area contributed by atoms with Crippen molar-refractivity contribution in [3.05, 3.63) is 41.2 Å². The van der Waals surface area contributed by atoms with E-state index in [2.05, 4.69) is 20.0 Å². The highest BCUT2D eigenvalue weighted by atomic mass is 16.8. The maximum absolute atomic E-state index is 11.1. The Morgan fingerprint density at radius 2 is 1.83 bits per heavy atom. The predicted molar refractivity (Wildman–Crippen MR) is 58.9 cm³/mol. The van der Waals surface area contributed by atoms with Gasteiger partial charge in [0.2, 0.25) is 11.6 Å². The minimum absolute atomic E-state index is 0.157. The monoisotopic (exact) mass is 244 g/mol. The molecule has 0 unspecified atom stereocenters. The van der Waals surface area contributed by atoms with Crippen molar-refractivity contribution in [2.24, 2.45) is 0 Å². The molecule has 18 heavy (non-hydrogen) atoms. The average Bonchev–Trinajstić information content (AvgIpc) is 3.00. The molecule has 0 aliphatic heterocycles. The maximum atomic E-state index is 11.1. The van der Waals surface area contributed by atoms with Crippen molar-refractivity contribution in [2.75, 3.05) is 0 Å². The molecule has 2 heterocycles. The van der Waals surface area contributed by atoms with Crippen molar-refractivity contribution >= 4 is 0 Å². The van der Waals surface area contributed by atoms with E-state index in [1.807, 2.05) is 30.3 Å². The molecule has 3 rings (SSSR count). The lowest BCUT2D eigenvalue weighted by Gasteiger charge is -1.91. The van der Waals surface area contributed by atoms with Gasteiger partial charge in [-0.15, -0.1) is 10.2 Å². The first-order valence-corrected chi connectivity index (χ1v) is 5.21. The summed E-state index contributed by atoms with van der Waals surface area (Å²) in [5.74, 6) is 0.523. The summed E-state index contributed by atoms with van der Waals surface area (Å²) in [5, 5.41) is 22.4. The van der Waals surface area contributed by atoms with Gasteiger partial charge in [0.1, 0.15) is 0 Å². The molecular formula is C11H8N4O3. The molecule has 0 amide bonds. The SMILES string of the molecule is Cc1c(-c2nnc(-c3ccccc3)o2)no[n+]1[O-]. The van der Waals surface area contributed by atoms with Gasteiger partial charge in [-0.2, -0.15) is 0 Å². The lowest BCUT2D eigenvalue weighted by Crippen LogP contribution is -2.25. The molecule has 3 aromatic rings. The zero-order valence-electron chi connectivity index (χ0n) is 9.40. The molecule has 0 spiro atoms. The van der Waals surface area contributed by atoms with E-state index in [0.29, 0.717) is 10.8 Å². The zero-order valence-corrected chi connectivity index (χ0v) is 9.40. The number of benzene rings is 1. The fourth-order valence-corrected chi connectivity index (χ4v) is 1.50. The Bertz CT molecular complexity index is 675. The van der Waals surface area contributed by atoms with Crippen molar-refractivity contribution in [1.29, 1.82) is 0 Å². The van der Waals surface area contributed by atoms with Gasteiger partial charge in [0.15, 0.2) is 0 Å². The van der Waals surface area contributed by atoms with Crippen LogP contribution in [0.3, 0.4) is 0 Å². The number of hydrogen-bond donors (Lipinski definition) is 0. The second-order valence-corrected chi connectivity index (χ2v) is 3.64. The molecule has 0 atom stereocenters. The molecule has 0 aliphatic carbocycles. The number of rotatable bonds is 2. The number of hydrogen-bond acceptors (Lipinski definition) is 6. The Labute approximate surface area is 101 Å². The van der Waals surface area contributed by atoms with Gasteiger partial charge in [0.25, 0.3) is 5.89 Å². The Balaban J connectivity index is 2.02. The van der Waals surface area contributed by atoms with E-state index in [1.165, 1.54) is 0 Å². The summed E-state index contributed by atoms with van der Waals surface area (Å²) in [6, 6.07) is 9.32. The molecule has 0 saturated heterocycles. The molecule has 7 nitrogen and oxygen atoms in total. The fourth-order valence-electron chi connectivity index (χ4n) is 1.50. The van der Waals surface area contributed by atoms with Gasteiger partial charge in [0.05, 0.1) is 5.16 Å². The molecule has 90 valence electrons. The molecule has 1 aromatic carbocycles. The Kier molecular flexibility index (Phi) is 2.30. The van der Waals surface area contributed by atoms with Crippen molar-refractivity contribution in [3.8, 4) is 23.0 Å². The second kappa shape index (κ2) is 3.95. The number of nitrogens with zero attached hydrogens (tertiary/aromatic N) is 4. The maximum Gasteiger partial charge on any atom is 0.307 e. The molecule has 0 radical (unpaired) electrons. The molecule has 2 aromatic heterocycles. The highest BCUT2D eigenvalue weighted by molar-refractivity contribution is 5.55. The fraction of sp³-hybridized carbons (Fsp3) is 0.0909. The van der Waals surface area contributed by atoms with Crippen LogP contribution in [-0.4, -0.2) is 15.4 Å². The van der Waals surface area contributed by atoms with Crippen LogP contribution in [0, 0.1) is 12.1 Å². The van der Waals surface area contributed by atoms with Crippen molar-refractivity contribution in [2.45, 2.75) is 6.92 Å². The van der Waals surface area contributed by atoms with Crippen LogP contribution in [-0.2, 0) is 0 Å². The first kappa shape index (κ1) is 10.5. The minimum atomic E-state index is 0.157. The second-order valence-electron chi connectivity index (χ2n) is 3.64. The van der Waals surface area contributed by atoms with Crippen LogP contribution in [0.1, 0.15) is 5.69 Å². The van der Waals surface area contributed by atoms with Gasteiger partial charge in [0, 0.05) is 12.5 Å². The van der Waals surface area contributed by atoms with Crippen molar-refractivity contribution < 1.29 is 13.9 Å². The van der Waals surface area contributed by atoms with Gasteiger partial charge in [-0.25, -0.2) is 0 Å². The van der Waals surface area contributed by atoms with E-state index in [0.717, 1.165) is 5.56 Å². The van der Waals surface area contributed by atoms with Crippen LogP contribution in [0.15, 0.2) is 39.4 Å². The van der Waals surface area contributed by atoms with Gasteiger partial charge in [-0.1, -0.05) is 18.2 Å². The predicted octanol–water partition coefficient (Wildman–Crippen LogP) is 1.33.